The molecule has 0 unspecified atom stereocenters. The van der Waals surface area contributed by atoms with E-state index in [0.717, 1.165) is 12.3 Å². The molecule has 0 spiro atoms. The van der Waals surface area contributed by atoms with Crippen LogP contribution in [0, 0.1) is 5.82 Å². The van der Waals surface area contributed by atoms with E-state index in [9.17, 15) is 17.6 Å². The molecule has 0 bridgehead atoms. The van der Waals surface area contributed by atoms with Crippen molar-refractivity contribution in [2.75, 3.05) is 15.9 Å². The molecule has 0 saturated heterocycles. The number of hydrogen-bond donors (Lipinski definition) is 1. The number of nitrogens with one attached hydrogen (secondary N) is 1. The van der Waals surface area contributed by atoms with Gasteiger partial charge in [0.05, 0.1) is 35.4 Å². The Hall–Kier alpha value is -2.39. The van der Waals surface area contributed by atoms with Gasteiger partial charge in [-0.15, -0.1) is 11.6 Å². The molecule has 144 valence electrons. The summed E-state index contributed by atoms with van der Waals surface area (Å²) in [4.78, 5) is 18.2. The van der Waals surface area contributed by atoms with Gasteiger partial charge in [0.25, 0.3) is 5.91 Å². The lowest BCUT2D eigenvalue weighted by molar-refractivity contribution is -0.131. The number of hydrogen-bond acceptors (Lipinski definition) is 5. The second-order valence-electron chi connectivity index (χ2n) is 6.57. The van der Waals surface area contributed by atoms with E-state index >= 15 is 0 Å². The van der Waals surface area contributed by atoms with Gasteiger partial charge in [-0.1, -0.05) is 0 Å². The molecule has 1 aromatic carbocycles. The summed E-state index contributed by atoms with van der Waals surface area (Å²) < 4.78 is 45.6. The van der Waals surface area contributed by atoms with Crippen LogP contribution in [0.3, 0.4) is 0 Å². The third-order valence-electron chi connectivity index (χ3n) is 3.84. The zero-order valence-corrected chi connectivity index (χ0v) is 16.4. The van der Waals surface area contributed by atoms with Crippen molar-refractivity contribution in [2.45, 2.75) is 25.3 Å². The van der Waals surface area contributed by atoms with Gasteiger partial charge in [-0.05, 0) is 26.0 Å². The van der Waals surface area contributed by atoms with E-state index in [0.29, 0.717) is 11.4 Å². The molecule has 2 aromatic rings. The number of halogens is 2. The van der Waals surface area contributed by atoms with Crippen LogP contribution in [0.2, 0.25) is 0 Å². The molecule has 1 aromatic heterocycles. The molecule has 27 heavy (non-hydrogen) atoms. The van der Waals surface area contributed by atoms with E-state index in [1.165, 1.54) is 17.2 Å². The summed E-state index contributed by atoms with van der Waals surface area (Å²) in [5, 5.41) is 0. The molecule has 0 radical (unpaired) electrons. The van der Waals surface area contributed by atoms with E-state index in [-0.39, 0.29) is 23.0 Å². The largest absolute Gasteiger partial charge is 0.476 e. The van der Waals surface area contributed by atoms with Gasteiger partial charge in [-0.3, -0.25) is 19.4 Å². The minimum atomic E-state index is -3.61. The highest BCUT2D eigenvalue weighted by Crippen LogP contribution is 2.45. The van der Waals surface area contributed by atoms with Gasteiger partial charge in [0.2, 0.25) is 10.0 Å². The quantitative estimate of drug-likeness (QED) is 0.778. The highest BCUT2D eigenvalue weighted by molar-refractivity contribution is 7.92. The molecule has 10 heteroatoms. The number of amides is 1. The molecule has 0 atom stereocenters. The summed E-state index contributed by atoms with van der Waals surface area (Å²) >= 11 is 5.74. The number of nitrogens with zero attached hydrogens (tertiary/aromatic N) is 2. The zero-order chi connectivity index (χ0) is 20.0. The van der Waals surface area contributed by atoms with Gasteiger partial charge in [-0.2, -0.15) is 0 Å². The van der Waals surface area contributed by atoms with Crippen molar-refractivity contribution >= 4 is 44.6 Å². The van der Waals surface area contributed by atoms with Crippen molar-refractivity contribution in [1.29, 1.82) is 0 Å². The number of carbonyl (C=O) groups excluding carboxylic acids is 1. The second-order valence-corrected chi connectivity index (χ2v) is 8.59. The topological polar surface area (TPSA) is 88.6 Å². The Morgan fingerprint density at radius 2 is 2.04 bits per heavy atom. The fourth-order valence-corrected chi connectivity index (χ4v) is 3.41. The van der Waals surface area contributed by atoms with Gasteiger partial charge in [0, 0.05) is 12.1 Å². The third kappa shape index (κ3) is 3.84. The Kier molecular flexibility index (Phi) is 4.77. The third-order valence-corrected chi connectivity index (χ3v) is 4.72. The number of ether oxygens (including phenoxy) is 1. The molecule has 0 aliphatic carbocycles. The van der Waals surface area contributed by atoms with E-state index in [2.05, 4.69) is 9.71 Å². The maximum Gasteiger partial charge on any atom is 0.275 e. The normalized spacial score (nSPS) is 15.9. The average molecular weight is 414 g/mol. The van der Waals surface area contributed by atoms with Crippen molar-refractivity contribution in [2.24, 2.45) is 0 Å². The van der Waals surface area contributed by atoms with Gasteiger partial charge < -0.3 is 4.74 Å². The van der Waals surface area contributed by atoms with Crippen LogP contribution in [0.1, 0.15) is 19.5 Å². The van der Waals surface area contributed by atoms with Crippen LogP contribution >= 0.6 is 11.6 Å². The van der Waals surface area contributed by atoms with E-state index < -0.39 is 27.3 Å². The molecule has 7 nitrogen and oxygen atoms in total. The molecule has 1 N–H and O–H groups in total. The lowest BCUT2D eigenvalue weighted by Crippen LogP contribution is -2.51. The first kappa shape index (κ1) is 19.4. The Balaban J connectivity index is 2.16. The lowest BCUT2D eigenvalue weighted by atomic mass is 10.0. The number of fused-ring (bicyclic) bond motifs is 1. The molecular weight excluding hydrogens is 397 g/mol. The highest BCUT2D eigenvalue weighted by atomic mass is 35.5. The van der Waals surface area contributed by atoms with Crippen LogP contribution < -0.4 is 14.4 Å². The average Bonchev–Trinajstić information content (AvgIpc) is 2.55. The smallest absolute Gasteiger partial charge is 0.275 e. The molecule has 1 amide bonds. The van der Waals surface area contributed by atoms with Crippen LogP contribution in [0.15, 0.2) is 30.5 Å². The molecule has 1 aliphatic rings. The second kappa shape index (κ2) is 6.65. The van der Waals surface area contributed by atoms with Crippen molar-refractivity contribution < 1.29 is 22.3 Å². The predicted molar refractivity (Wildman–Crippen MR) is 101 cm³/mol. The summed E-state index contributed by atoms with van der Waals surface area (Å²) in [5.41, 5.74) is -0.467. The van der Waals surface area contributed by atoms with Crippen molar-refractivity contribution in [3.8, 4) is 5.75 Å². The summed E-state index contributed by atoms with van der Waals surface area (Å²) in [6.07, 6.45) is 2.37. The summed E-state index contributed by atoms with van der Waals surface area (Å²) in [7, 11) is -3.61. The Labute approximate surface area is 161 Å². The van der Waals surface area contributed by atoms with Gasteiger partial charge in [-0.25, -0.2) is 12.8 Å². The Bertz CT molecular complexity index is 1010. The summed E-state index contributed by atoms with van der Waals surface area (Å²) in [6, 6.07) is 5.56. The Morgan fingerprint density at radius 3 is 2.59 bits per heavy atom. The first-order valence-electron chi connectivity index (χ1n) is 7.87. The van der Waals surface area contributed by atoms with Crippen LogP contribution in [0.5, 0.6) is 5.75 Å². The van der Waals surface area contributed by atoms with E-state index in [4.69, 9.17) is 16.3 Å². The highest BCUT2D eigenvalue weighted by Gasteiger charge is 2.43. The molecule has 0 saturated carbocycles. The van der Waals surface area contributed by atoms with Crippen molar-refractivity contribution in [3.63, 3.8) is 0 Å². The predicted octanol–water partition coefficient (Wildman–Crippen LogP) is 3.17. The fourth-order valence-electron chi connectivity index (χ4n) is 2.71. The lowest BCUT2D eigenvalue weighted by Gasteiger charge is -2.38. The fraction of sp³-hybridized carbons (Fsp3) is 0.294. The molecule has 2 heterocycles. The minimum absolute atomic E-state index is 0.00513. The molecule has 3 rings (SSSR count). The molecule has 0 fully saturated rings. The maximum absolute atomic E-state index is 14.9. The van der Waals surface area contributed by atoms with Crippen LogP contribution in [-0.4, -0.2) is 31.2 Å². The number of rotatable bonds is 4. The van der Waals surface area contributed by atoms with Crippen LogP contribution in [-0.2, 0) is 20.7 Å². The number of sulfonamides is 1. The van der Waals surface area contributed by atoms with Crippen LogP contribution in [0.4, 0.5) is 21.5 Å². The van der Waals surface area contributed by atoms with E-state index in [1.807, 2.05) is 0 Å². The van der Waals surface area contributed by atoms with Gasteiger partial charge in [0.1, 0.15) is 11.4 Å². The number of alkyl halides is 1. The Morgan fingerprint density at radius 1 is 1.33 bits per heavy atom. The first-order chi connectivity index (χ1) is 12.5. The molecule has 1 aliphatic heterocycles. The maximum atomic E-state index is 14.9. The number of pyridine rings is 1. The number of benzene rings is 1. The van der Waals surface area contributed by atoms with E-state index in [1.54, 1.807) is 26.0 Å². The minimum Gasteiger partial charge on any atom is -0.476 e. The SMILES string of the molecule is CC1(C)Oc2cc(NS(C)(=O)=O)cc(F)c2N(c2ccc(CCl)nc2)C1=O. The summed E-state index contributed by atoms with van der Waals surface area (Å²) in [6.45, 7) is 3.08. The zero-order valence-electron chi connectivity index (χ0n) is 14.8. The number of aromatic nitrogens is 1. The standard InChI is InChI=1S/C17H17ClFN3O4S/c1-17(2)16(23)22(12-5-4-10(8-18)20-9-12)15-13(19)6-11(7-14(15)26-17)21-27(3,24)25/h4-7,9,21H,8H2,1-3H3. The number of anilines is 3. The molecular formula is C17H17ClFN3O4S. The van der Waals surface area contributed by atoms with Gasteiger partial charge in [0.15, 0.2) is 11.4 Å². The monoisotopic (exact) mass is 413 g/mol. The van der Waals surface area contributed by atoms with Gasteiger partial charge >= 0.3 is 0 Å². The first-order valence-corrected chi connectivity index (χ1v) is 10.3. The number of carbonyl (C=O) groups is 1. The van der Waals surface area contributed by atoms with Crippen molar-refractivity contribution in [1.82, 2.24) is 4.98 Å². The van der Waals surface area contributed by atoms with Crippen LogP contribution in [0.25, 0.3) is 0 Å². The van der Waals surface area contributed by atoms with Crippen molar-refractivity contribution in [3.05, 3.63) is 42.0 Å². The summed E-state index contributed by atoms with van der Waals surface area (Å²) in [5.74, 6) is -1.07.